The lowest BCUT2D eigenvalue weighted by atomic mass is 10.1. The predicted molar refractivity (Wildman–Crippen MR) is 85.7 cm³/mol. The van der Waals surface area contributed by atoms with Crippen molar-refractivity contribution in [1.82, 2.24) is 10.3 Å². The predicted octanol–water partition coefficient (Wildman–Crippen LogP) is 3.79. The molecule has 0 aliphatic carbocycles. The molecule has 0 fully saturated rings. The molecule has 0 bridgehead atoms. The zero-order valence-corrected chi connectivity index (χ0v) is 13.0. The molecule has 1 heterocycles. The van der Waals surface area contributed by atoms with Crippen molar-refractivity contribution in [2.45, 2.75) is 32.7 Å². The van der Waals surface area contributed by atoms with Crippen LogP contribution in [-0.4, -0.2) is 16.9 Å². The third kappa shape index (κ3) is 4.87. The Kier molecular flexibility index (Phi) is 5.34. The van der Waals surface area contributed by atoms with Crippen LogP contribution in [0.25, 0.3) is 0 Å². The minimum absolute atomic E-state index is 0.102. The lowest BCUT2D eigenvalue weighted by molar-refractivity contribution is 0.0938. The summed E-state index contributed by atoms with van der Waals surface area (Å²) in [4.78, 5) is 16.2. The highest BCUT2D eigenvalue weighted by atomic mass is 35.5. The maximum Gasteiger partial charge on any atom is 0.251 e. The fourth-order valence-electron chi connectivity index (χ4n) is 2.17. The van der Waals surface area contributed by atoms with Crippen molar-refractivity contribution in [2.75, 3.05) is 0 Å². The van der Waals surface area contributed by atoms with E-state index < -0.39 is 0 Å². The number of carbonyl (C=O) groups is 1. The molecule has 1 unspecified atom stereocenters. The van der Waals surface area contributed by atoms with Crippen LogP contribution >= 0.6 is 11.6 Å². The number of rotatable bonds is 5. The van der Waals surface area contributed by atoms with Gasteiger partial charge in [0.05, 0.1) is 0 Å². The maximum atomic E-state index is 12.2. The number of aryl methyl sites for hydroxylation is 2. The van der Waals surface area contributed by atoms with Crippen molar-refractivity contribution in [3.63, 3.8) is 0 Å². The third-order valence-electron chi connectivity index (χ3n) is 3.27. The summed E-state index contributed by atoms with van der Waals surface area (Å²) in [5, 5.41) is 3.34. The van der Waals surface area contributed by atoms with Crippen molar-refractivity contribution < 1.29 is 4.79 Å². The molecule has 0 spiro atoms. The topological polar surface area (TPSA) is 42.0 Å². The molecule has 1 aromatic heterocycles. The number of benzene rings is 1. The van der Waals surface area contributed by atoms with Gasteiger partial charge in [-0.3, -0.25) is 4.79 Å². The highest BCUT2D eigenvalue weighted by molar-refractivity contribution is 6.29. The number of nitrogens with one attached hydrogen (secondary N) is 1. The summed E-state index contributed by atoms with van der Waals surface area (Å²) < 4.78 is 0. The molecular formula is C17H19ClN2O. The molecule has 1 amide bonds. The SMILES string of the molecule is Cc1cc(C(=O)NC(C)CCc2ccccc2)cc(Cl)n1. The van der Waals surface area contributed by atoms with Gasteiger partial charge in [-0.2, -0.15) is 0 Å². The maximum absolute atomic E-state index is 12.2. The van der Waals surface area contributed by atoms with Crippen LogP contribution in [0.5, 0.6) is 0 Å². The Labute approximate surface area is 130 Å². The van der Waals surface area contributed by atoms with E-state index in [2.05, 4.69) is 22.4 Å². The summed E-state index contributed by atoms with van der Waals surface area (Å²) in [5.41, 5.74) is 2.57. The van der Waals surface area contributed by atoms with Crippen LogP contribution in [0.4, 0.5) is 0 Å². The second-order valence-corrected chi connectivity index (χ2v) is 5.61. The molecule has 0 aliphatic rings. The molecule has 2 aromatic rings. The van der Waals surface area contributed by atoms with Crippen LogP contribution in [0, 0.1) is 6.92 Å². The molecule has 0 saturated carbocycles. The van der Waals surface area contributed by atoms with E-state index in [1.807, 2.05) is 32.0 Å². The Morgan fingerprint density at radius 3 is 2.67 bits per heavy atom. The second-order valence-electron chi connectivity index (χ2n) is 5.22. The van der Waals surface area contributed by atoms with E-state index in [0.29, 0.717) is 10.7 Å². The van der Waals surface area contributed by atoms with E-state index in [4.69, 9.17) is 11.6 Å². The molecule has 1 atom stereocenters. The Balaban J connectivity index is 1.90. The van der Waals surface area contributed by atoms with E-state index in [-0.39, 0.29) is 11.9 Å². The highest BCUT2D eigenvalue weighted by Gasteiger charge is 2.11. The van der Waals surface area contributed by atoms with Crippen molar-refractivity contribution >= 4 is 17.5 Å². The average molecular weight is 303 g/mol. The number of halogens is 1. The summed E-state index contributed by atoms with van der Waals surface area (Å²) in [6, 6.07) is 13.7. The summed E-state index contributed by atoms with van der Waals surface area (Å²) in [6.07, 6.45) is 1.84. The number of nitrogens with zero attached hydrogens (tertiary/aromatic N) is 1. The summed E-state index contributed by atoms with van der Waals surface area (Å²) >= 11 is 5.88. The van der Waals surface area contributed by atoms with E-state index in [9.17, 15) is 4.79 Å². The van der Waals surface area contributed by atoms with Gasteiger partial charge in [-0.15, -0.1) is 0 Å². The Hall–Kier alpha value is -1.87. The molecule has 1 N–H and O–H groups in total. The Bertz CT molecular complexity index is 593. The lowest BCUT2D eigenvalue weighted by Gasteiger charge is -2.14. The van der Waals surface area contributed by atoms with Gasteiger partial charge in [0, 0.05) is 17.3 Å². The van der Waals surface area contributed by atoms with Crippen LogP contribution in [0.15, 0.2) is 42.5 Å². The van der Waals surface area contributed by atoms with Gasteiger partial charge in [0.1, 0.15) is 5.15 Å². The summed E-state index contributed by atoms with van der Waals surface area (Å²) in [5.74, 6) is -0.108. The first kappa shape index (κ1) is 15.5. The van der Waals surface area contributed by atoms with Crippen molar-refractivity contribution in [2.24, 2.45) is 0 Å². The van der Waals surface area contributed by atoms with Gasteiger partial charge in [0.15, 0.2) is 0 Å². The van der Waals surface area contributed by atoms with E-state index >= 15 is 0 Å². The number of amides is 1. The molecular weight excluding hydrogens is 284 g/mol. The van der Waals surface area contributed by atoms with E-state index in [1.54, 1.807) is 12.1 Å². The van der Waals surface area contributed by atoms with Crippen LogP contribution in [0.2, 0.25) is 5.15 Å². The van der Waals surface area contributed by atoms with Gasteiger partial charge < -0.3 is 5.32 Å². The molecule has 4 heteroatoms. The molecule has 110 valence electrons. The smallest absolute Gasteiger partial charge is 0.251 e. The lowest BCUT2D eigenvalue weighted by Crippen LogP contribution is -2.33. The Morgan fingerprint density at radius 2 is 2.00 bits per heavy atom. The molecule has 3 nitrogen and oxygen atoms in total. The van der Waals surface area contributed by atoms with Gasteiger partial charge in [-0.05, 0) is 44.4 Å². The molecule has 0 saturated heterocycles. The zero-order valence-electron chi connectivity index (χ0n) is 12.3. The summed E-state index contributed by atoms with van der Waals surface area (Å²) in [6.45, 7) is 3.83. The molecule has 0 aliphatic heterocycles. The first-order chi connectivity index (χ1) is 10.0. The van der Waals surface area contributed by atoms with Crippen LogP contribution in [0.3, 0.4) is 0 Å². The van der Waals surface area contributed by atoms with Crippen LogP contribution in [0.1, 0.15) is 35.0 Å². The van der Waals surface area contributed by atoms with Crippen molar-refractivity contribution in [3.05, 3.63) is 64.4 Å². The molecule has 1 aromatic carbocycles. The minimum atomic E-state index is -0.108. The van der Waals surface area contributed by atoms with Gasteiger partial charge in [0.25, 0.3) is 5.91 Å². The van der Waals surface area contributed by atoms with Gasteiger partial charge in [0.2, 0.25) is 0 Å². The largest absolute Gasteiger partial charge is 0.350 e. The van der Waals surface area contributed by atoms with Crippen molar-refractivity contribution in [1.29, 1.82) is 0 Å². The van der Waals surface area contributed by atoms with Crippen molar-refractivity contribution in [3.8, 4) is 0 Å². The number of aromatic nitrogens is 1. The average Bonchev–Trinajstić information content (AvgIpc) is 2.45. The molecule has 0 radical (unpaired) electrons. The first-order valence-corrected chi connectivity index (χ1v) is 7.41. The van der Waals surface area contributed by atoms with Gasteiger partial charge in [-0.1, -0.05) is 41.9 Å². The normalized spacial score (nSPS) is 12.0. The minimum Gasteiger partial charge on any atom is -0.350 e. The number of hydrogen-bond donors (Lipinski definition) is 1. The highest BCUT2D eigenvalue weighted by Crippen LogP contribution is 2.11. The van der Waals surface area contributed by atoms with E-state index in [1.165, 1.54) is 5.56 Å². The third-order valence-corrected chi connectivity index (χ3v) is 3.46. The zero-order chi connectivity index (χ0) is 15.2. The second kappa shape index (κ2) is 7.23. The van der Waals surface area contributed by atoms with Crippen LogP contribution in [-0.2, 0) is 6.42 Å². The summed E-state index contributed by atoms with van der Waals surface area (Å²) in [7, 11) is 0. The number of pyridine rings is 1. The number of carbonyl (C=O) groups excluding carboxylic acids is 1. The van der Waals surface area contributed by atoms with Gasteiger partial charge >= 0.3 is 0 Å². The quantitative estimate of drug-likeness (QED) is 0.854. The first-order valence-electron chi connectivity index (χ1n) is 7.03. The monoisotopic (exact) mass is 302 g/mol. The fraction of sp³-hybridized carbons (Fsp3) is 0.294. The van der Waals surface area contributed by atoms with Gasteiger partial charge in [-0.25, -0.2) is 4.98 Å². The van der Waals surface area contributed by atoms with Crippen LogP contribution < -0.4 is 5.32 Å². The molecule has 21 heavy (non-hydrogen) atoms. The van der Waals surface area contributed by atoms with E-state index in [0.717, 1.165) is 18.5 Å². The fourth-order valence-corrected chi connectivity index (χ4v) is 2.42. The Morgan fingerprint density at radius 1 is 1.29 bits per heavy atom. The molecule has 2 rings (SSSR count). The number of hydrogen-bond acceptors (Lipinski definition) is 2. The standard InChI is InChI=1S/C17H19ClN2O/c1-12(8-9-14-6-4-3-5-7-14)20-17(21)15-10-13(2)19-16(18)11-15/h3-7,10-12H,8-9H2,1-2H3,(H,20,21).